The first-order valence-corrected chi connectivity index (χ1v) is 14.2. The van der Waals surface area contributed by atoms with Gasteiger partial charge < -0.3 is 24.1 Å². The zero-order valence-corrected chi connectivity index (χ0v) is 25.5. The summed E-state index contributed by atoms with van der Waals surface area (Å²) in [6.07, 6.45) is -1.78. The molecule has 0 saturated heterocycles. The monoisotopic (exact) mass is 610 g/mol. The summed E-state index contributed by atoms with van der Waals surface area (Å²) in [7, 11) is -4.28. The highest BCUT2D eigenvalue weighted by molar-refractivity contribution is 7.87. The Labute approximate surface area is 245 Å². The highest BCUT2D eigenvalue weighted by atomic mass is 32.2. The number of nitrogens with one attached hydrogen (secondary N) is 1. The van der Waals surface area contributed by atoms with E-state index in [0.717, 1.165) is 0 Å². The molecule has 0 aliphatic rings. The normalized spacial score (nSPS) is 12.3. The average molecular weight is 611 g/mol. The second-order valence-corrected chi connectivity index (χ2v) is 12.4. The van der Waals surface area contributed by atoms with Crippen LogP contribution >= 0.6 is 0 Å². The van der Waals surface area contributed by atoms with Crippen LogP contribution in [-0.4, -0.2) is 61.3 Å². The van der Waals surface area contributed by atoms with Gasteiger partial charge >= 0.3 is 22.3 Å². The van der Waals surface area contributed by atoms with Crippen molar-refractivity contribution in [3.8, 4) is 11.5 Å². The van der Waals surface area contributed by atoms with Gasteiger partial charge in [0.05, 0.1) is 18.9 Å². The summed E-state index contributed by atoms with van der Waals surface area (Å²) in [5, 5.41) is 9.79. The number of hydrogen-bond donors (Lipinski definition) is 3. The number of nitrogens with zero attached hydrogens (tertiary/aromatic N) is 2. The van der Waals surface area contributed by atoms with Gasteiger partial charge in [-0.2, -0.15) is 8.42 Å². The molecule has 0 bridgehead atoms. The number of guanidine groups is 1. The Kier molecular flexibility index (Phi) is 11.5. The number of amides is 2. The molecule has 2 aromatic rings. The van der Waals surface area contributed by atoms with E-state index in [-0.39, 0.29) is 36.0 Å². The third-order valence-electron chi connectivity index (χ3n) is 4.65. The molecular formula is C27H38N4O10S. The standard InChI is InChI=1S/C27H38N4O10S/c1-18-15-19(17-20(16-18)41-42(35,36)22-12-9-8-11-21(22)30-34)37-13-10-14-38-31(25(33)40-27(5,6)7)23(28)29-24(32)39-26(2,3)4/h8-9,11-12,15-17,30,34H,10,13-14H2,1-7H3,(H2,28,29,32). The van der Waals surface area contributed by atoms with Gasteiger partial charge in [-0.15, -0.1) is 10.1 Å². The second-order valence-electron chi connectivity index (χ2n) is 10.9. The largest absolute Gasteiger partial charge is 0.493 e. The predicted molar refractivity (Wildman–Crippen MR) is 153 cm³/mol. The Hall–Kier alpha value is -4.08. The lowest BCUT2D eigenvalue weighted by molar-refractivity contribution is -0.103. The molecule has 14 nitrogen and oxygen atoms in total. The Morgan fingerprint density at radius 3 is 2.21 bits per heavy atom. The molecule has 0 heterocycles. The van der Waals surface area contributed by atoms with E-state index in [9.17, 15) is 23.2 Å². The van der Waals surface area contributed by atoms with E-state index in [4.69, 9.17) is 29.0 Å². The van der Waals surface area contributed by atoms with E-state index in [0.29, 0.717) is 16.4 Å². The molecule has 2 aromatic carbocycles. The Balaban J connectivity index is 2.05. The van der Waals surface area contributed by atoms with Crippen molar-refractivity contribution < 1.29 is 46.4 Å². The predicted octanol–water partition coefficient (Wildman–Crippen LogP) is 4.75. The van der Waals surface area contributed by atoms with Crippen LogP contribution in [0.2, 0.25) is 0 Å². The van der Waals surface area contributed by atoms with Gasteiger partial charge in [-0.3, -0.25) is 15.5 Å². The molecule has 2 rings (SSSR count). The molecule has 0 aliphatic heterocycles. The maximum atomic E-state index is 12.8. The lowest BCUT2D eigenvalue weighted by atomic mass is 10.2. The molecule has 0 aromatic heterocycles. The summed E-state index contributed by atoms with van der Waals surface area (Å²) in [5.74, 6) is -0.279. The summed E-state index contributed by atoms with van der Waals surface area (Å²) in [4.78, 5) is 33.5. The lowest BCUT2D eigenvalue weighted by Crippen LogP contribution is -2.45. The molecule has 0 saturated carbocycles. The quantitative estimate of drug-likeness (QED) is 0.110. The van der Waals surface area contributed by atoms with Crippen LogP contribution in [0.15, 0.2) is 52.4 Å². The van der Waals surface area contributed by atoms with Crippen molar-refractivity contribution in [3.63, 3.8) is 0 Å². The number of para-hydroxylation sites is 1. The SMILES string of the molecule is Cc1cc(OCCCON(C(=O)OC(C)(C)C)C(N)=NC(=O)OC(C)(C)C)cc(OS(=O)(=O)c2ccccc2NO)c1. The molecule has 4 N–H and O–H groups in total. The third-order valence-corrected chi connectivity index (χ3v) is 5.96. The average Bonchev–Trinajstić information content (AvgIpc) is 2.83. The highest BCUT2D eigenvalue weighted by Crippen LogP contribution is 2.28. The summed E-state index contributed by atoms with van der Waals surface area (Å²) in [6.45, 7) is 11.6. The molecular weight excluding hydrogens is 572 g/mol. The Morgan fingerprint density at radius 2 is 1.60 bits per heavy atom. The van der Waals surface area contributed by atoms with Crippen molar-refractivity contribution in [2.45, 2.75) is 71.0 Å². The van der Waals surface area contributed by atoms with Crippen LogP contribution in [0, 0.1) is 6.92 Å². The van der Waals surface area contributed by atoms with E-state index in [2.05, 4.69) is 4.99 Å². The van der Waals surface area contributed by atoms with Gasteiger partial charge in [0.15, 0.2) is 0 Å². The number of rotatable bonds is 10. The van der Waals surface area contributed by atoms with Gasteiger partial charge in [0.2, 0.25) is 5.96 Å². The second kappa shape index (κ2) is 14.2. The molecule has 0 aliphatic carbocycles. The molecule has 42 heavy (non-hydrogen) atoms. The molecule has 232 valence electrons. The van der Waals surface area contributed by atoms with Crippen LogP contribution in [0.4, 0.5) is 15.3 Å². The Bertz CT molecular complexity index is 1380. The van der Waals surface area contributed by atoms with Crippen molar-refractivity contribution in [2.24, 2.45) is 10.7 Å². The van der Waals surface area contributed by atoms with Crippen molar-refractivity contribution >= 4 is 34.0 Å². The molecule has 0 unspecified atom stereocenters. The third kappa shape index (κ3) is 11.4. The number of carbonyl (C=O) groups excluding carboxylic acids is 2. The van der Waals surface area contributed by atoms with Crippen LogP contribution in [-0.2, 0) is 24.4 Å². The summed E-state index contributed by atoms with van der Waals surface area (Å²) < 4.78 is 46.9. The number of anilines is 1. The zero-order chi connectivity index (χ0) is 31.7. The van der Waals surface area contributed by atoms with E-state index < -0.39 is 39.5 Å². The molecule has 0 spiro atoms. The fourth-order valence-electron chi connectivity index (χ4n) is 3.14. The van der Waals surface area contributed by atoms with Crippen LogP contribution in [0.1, 0.15) is 53.5 Å². The maximum Gasteiger partial charge on any atom is 0.442 e. The number of aliphatic imine (C=N–C) groups is 1. The molecule has 0 radical (unpaired) electrons. The van der Waals surface area contributed by atoms with Crippen molar-refractivity contribution in [1.82, 2.24) is 5.06 Å². The van der Waals surface area contributed by atoms with E-state index in [1.807, 2.05) is 5.48 Å². The minimum atomic E-state index is -4.28. The highest BCUT2D eigenvalue weighted by Gasteiger charge is 2.27. The van der Waals surface area contributed by atoms with E-state index in [1.54, 1.807) is 60.6 Å². The van der Waals surface area contributed by atoms with Crippen LogP contribution in [0.25, 0.3) is 0 Å². The van der Waals surface area contributed by atoms with Gasteiger partial charge in [-0.25, -0.2) is 9.59 Å². The van der Waals surface area contributed by atoms with Gasteiger partial charge in [-0.05, 0) is 78.3 Å². The van der Waals surface area contributed by atoms with E-state index >= 15 is 0 Å². The van der Waals surface area contributed by atoms with Crippen LogP contribution in [0.3, 0.4) is 0 Å². The number of nitrogens with two attached hydrogens (primary N) is 1. The Morgan fingerprint density at radius 1 is 0.976 bits per heavy atom. The molecule has 15 heteroatoms. The van der Waals surface area contributed by atoms with Gasteiger partial charge in [0.1, 0.15) is 27.6 Å². The van der Waals surface area contributed by atoms with Crippen LogP contribution < -0.4 is 20.1 Å². The van der Waals surface area contributed by atoms with Gasteiger partial charge in [-0.1, -0.05) is 12.1 Å². The minimum absolute atomic E-state index is 0.00350. The minimum Gasteiger partial charge on any atom is -0.493 e. The van der Waals surface area contributed by atoms with Crippen molar-refractivity contribution in [3.05, 3.63) is 48.0 Å². The zero-order valence-electron chi connectivity index (χ0n) is 24.7. The smallest absolute Gasteiger partial charge is 0.442 e. The van der Waals surface area contributed by atoms with E-state index in [1.165, 1.54) is 30.3 Å². The summed E-state index contributed by atoms with van der Waals surface area (Å²) in [5.41, 5.74) is 6.58. The number of carbonyl (C=O) groups is 2. The first-order chi connectivity index (χ1) is 19.4. The summed E-state index contributed by atoms with van der Waals surface area (Å²) >= 11 is 0. The van der Waals surface area contributed by atoms with Gasteiger partial charge in [0, 0.05) is 12.5 Å². The van der Waals surface area contributed by atoms with Crippen molar-refractivity contribution in [1.29, 1.82) is 0 Å². The van der Waals surface area contributed by atoms with Crippen molar-refractivity contribution in [2.75, 3.05) is 18.7 Å². The number of aryl methyl sites for hydroxylation is 1. The fraction of sp³-hybridized carbons (Fsp3) is 0.444. The summed E-state index contributed by atoms with van der Waals surface area (Å²) in [6, 6.07) is 10.3. The maximum absolute atomic E-state index is 12.8. The fourth-order valence-corrected chi connectivity index (χ4v) is 4.21. The van der Waals surface area contributed by atoms with Crippen LogP contribution in [0.5, 0.6) is 11.5 Å². The molecule has 2 amide bonds. The first-order valence-electron chi connectivity index (χ1n) is 12.8. The lowest BCUT2D eigenvalue weighted by Gasteiger charge is -2.26. The first kappa shape index (κ1) is 34.1. The number of hydrogen-bond acceptors (Lipinski definition) is 11. The number of hydroxylamine groups is 2. The van der Waals surface area contributed by atoms with Gasteiger partial charge in [0.25, 0.3) is 0 Å². The number of benzene rings is 2. The number of ether oxygens (including phenoxy) is 3. The molecule has 0 fully saturated rings. The molecule has 0 atom stereocenters. The topological polar surface area (TPSA) is 188 Å².